The molecule has 50 heavy (non-hydrogen) atoms. The molecule has 0 spiro atoms. The van der Waals surface area contributed by atoms with Crippen LogP contribution in [0, 0.1) is 6.92 Å². The van der Waals surface area contributed by atoms with Crippen molar-refractivity contribution < 1.29 is 9.84 Å². The highest BCUT2D eigenvalue weighted by molar-refractivity contribution is 6.01. The lowest BCUT2D eigenvalue weighted by Crippen LogP contribution is -2.40. The second-order valence-corrected chi connectivity index (χ2v) is 14.0. The van der Waals surface area contributed by atoms with Gasteiger partial charge in [0.1, 0.15) is 22.9 Å². The van der Waals surface area contributed by atoms with Gasteiger partial charge in [0, 0.05) is 66.4 Å². The van der Waals surface area contributed by atoms with E-state index in [1.54, 1.807) is 6.07 Å². The second-order valence-electron chi connectivity index (χ2n) is 14.0. The van der Waals surface area contributed by atoms with Gasteiger partial charge in [-0.2, -0.15) is 0 Å². The average molecular weight is 673 g/mol. The van der Waals surface area contributed by atoms with Crippen molar-refractivity contribution in [3.8, 4) is 39.9 Å². The zero-order valence-corrected chi connectivity index (χ0v) is 29.1. The average Bonchev–Trinajstić information content (AvgIpc) is 3.70. The van der Waals surface area contributed by atoms with Crippen molar-refractivity contribution in [3.05, 3.63) is 66.4 Å². The van der Waals surface area contributed by atoms with Gasteiger partial charge in [-0.15, -0.1) is 20.4 Å². The normalized spacial score (nSPS) is 18.9. The van der Waals surface area contributed by atoms with E-state index in [1.165, 1.54) is 0 Å². The van der Waals surface area contributed by atoms with Gasteiger partial charge in [0.15, 0.2) is 17.5 Å². The maximum absolute atomic E-state index is 10.9. The number of aromatic amines is 1. The summed E-state index contributed by atoms with van der Waals surface area (Å²) in [5, 5.41) is 38.9. The molecule has 2 atom stereocenters. The molecule has 2 aliphatic rings. The number of likely N-dealkylation sites (N-methyl/N-ethyl adjacent to an activating group) is 2. The van der Waals surface area contributed by atoms with Crippen LogP contribution < -0.4 is 15.4 Å². The summed E-state index contributed by atoms with van der Waals surface area (Å²) in [6.45, 7) is 6.06. The molecule has 2 aromatic carbocycles. The number of piperidine rings is 2. The number of aromatic hydroxyl groups is 1. The minimum absolute atomic E-state index is 0.156. The first kappa shape index (κ1) is 32.0. The zero-order chi connectivity index (χ0) is 34.4. The Balaban J connectivity index is 1.18. The number of benzene rings is 2. The minimum Gasteiger partial charge on any atom is -0.507 e. The van der Waals surface area contributed by atoms with Gasteiger partial charge in [0.25, 0.3) is 0 Å². The molecule has 4 aromatic heterocycles. The van der Waals surface area contributed by atoms with Crippen LogP contribution in [-0.4, -0.2) is 97.2 Å². The van der Waals surface area contributed by atoms with Crippen molar-refractivity contribution in [3.63, 3.8) is 0 Å². The molecular weight excluding hydrogens is 628 g/mol. The van der Waals surface area contributed by atoms with E-state index in [2.05, 4.69) is 66.5 Å². The quantitative estimate of drug-likeness (QED) is 0.144. The summed E-state index contributed by atoms with van der Waals surface area (Å²) in [4.78, 5) is 8.19. The van der Waals surface area contributed by atoms with Crippen molar-refractivity contribution in [2.75, 3.05) is 50.9 Å². The number of anilines is 2. The highest BCUT2D eigenvalue weighted by Gasteiger charge is 2.25. The molecule has 2 saturated heterocycles. The van der Waals surface area contributed by atoms with E-state index in [0.29, 0.717) is 34.7 Å². The second kappa shape index (κ2) is 13.3. The predicted octanol–water partition coefficient (Wildman–Crippen LogP) is 6.39. The SMILES string of the molecule is Cc1cccc(O)c1-c1nnc(N[C@@H]2CCCN(C)C2)c2[nH]c(Oc3ccccc3-c3nnc(N[C@@H]4CCCN(C)C4)c4c3ccn4C)cc12. The molecule has 4 N–H and O–H groups in total. The van der Waals surface area contributed by atoms with Gasteiger partial charge >= 0.3 is 0 Å². The highest BCUT2D eigenvalue weighted by Crippen LogP contribution is 2.41. The van der Waals surface area contributed by atoms with Crippen LogP contribution in [-0.2, 0) is 7.05 Å². The summed E-state index contributed by atoms with van der Waals surface area (Å²) in [5.74, 6) is 2.77. The van der Waals surface area contributed by atoms with Crippen molar-refractivity contribution in [1.29, 1.82) is 0 Å². The molecular formula is C38H44N10O2. The molecule has 0 saturated carbocycles. The van der Waals surface area contributed by atoms with Crippen LogP contribution in [0.2, 0.25) is 0 Å². The number of hydrogen-bond donors (Lipinski definition) is 4. The largest absolute Gasteiger partial charge is 0.507 e. The summed E-state index contributed by atoms with van der Waals surface area (Å²) in [6.07, 6.45) is 6.47. The first-order valence-corrected chi connectivity index (χ1v) is 17.5. The van der Waals surface area contributed by atoms with Crippen LogP contribution in [0.4, 0.5) is 11.6 Å². The summed E-state index contributed by atoms with van der Waals surface area (Å²) < 4.78 is 8.78. The lowest BCUT2D eigenvalue weighted by Gasteiger charge is -2.30. The number of aryl methyl sites for hydroxylation is 2. The maximum atomic E-state index is 10.9. The van der Waals surface area contributed by atoms with E-state index in [-0.39, 0.29) is 11.8 Å². The van der Waals surface area contributed by atoms with Crippen LogP contribution in [0.3, 0.4) is 0 Å². The molecule has 0 bridgehead atoms. The third-order valence-electron chi connectivity index (χ3n) is 10.1. The highest BCUT2D eigenvalue weighted by atomic mass is 16.5. The lowest BCUT2D eigenvalue weighted by molar-refractivity contribution is 0.260. The zero-order valence-electron chi connectivity index (χ0n) is 29.1. The number of nitrogens with zero attached hydrogens (tertiary/aromatic N) is 7. The van der Waals surface area contributed by atoms with Crippen LogP contribution in [0.15, 0.2) is 60.8 Å². The number of phenols is 1. The Morgan fingerprint density at radius 3 is 2.24 bits per heavy atom. The first-order chi connectivity index (χ1) is 24.3. The number of para-hydroxylation sites is 1. The molecule has 2 aliphatic heterocycles. The van der Waals surface area contributed by atoms with Crippen molar-refractivity contribution in [1.82, 2.24) is 39.7 Å². The van der Waals surface area contributed by atoms with Gasteiger partial charge in [-0.05, 0) is 89.6 Å². The number of nitrogens with one attached hydrogen (secondary N) is 3. The van der Waals surface area contributed by atoms with Gasteiger partial charge in [0.2, 0.25) is 0 Å². The first-order valence-electron chi connectivity index (χ1n) is 17.5. The Labute approximate surface area is 291 Å². The number of hydrogen-bond acceptors (Lipinski definition) is 10. The minimum atomic E-state index is 0.156. The topological polar surface area (TPSA) is 132 Å². The molecule has 6 aromatic rings. The number of rotatable bonds is 8. The van der Waals surface area contributed by atoms with E-state index < -0.39 is 0 Å². The number of H-pyrrole nitrogens is 1. The van der Waals surface area contributed by atoms with Gasteiger partial charge in [-0.3, -0.25) is 0 Å². The maximum Gasteiger partial charge on any atom is 0.198 e. The van der Waals surface area contributed by atoms with E-state index in [9.17, 15) is 5.11 Å². The number of likely N-dealkylation sites (tertiary alicyclic amines) is 2. The molecule has 6 heterocycles. The van der Waals surface area contributed by atoms with Crippen molar-refractivity contribution >= 4 is 33.4 Å². The lowest BCUT2D eigenvalue weighted by atomic mass is 10.0. The van der Waals surface area contributed by atoms with Crippen LogP contribution in [0.25, 0.3) is 44.3 Å². The Morgan fingerprint density at radius 1 is 0.800 bits per heavy atom. The molecule has 0 aliphatic carbocycles. The van der Waals surface area contributed by atoms with E-state index in [1.807, 2.05) is 56.4 Å². The van der Waals surface area contributed by atoms with Crippen molar-refractivity contribution in [2.24, 2.45) is 7.05 Å². The fourth-order valence-electron chi connectivity index (χ4n) is 7.65. The van der Waals surface area contributed by atoms with E-state index in [0.717, 1.165) is 96.3 Å². The van der Waals surface area contributed by atoms with Crippen LogP contribution >= 0.6 is 0 Å². The van der Waals surface area contributed by atoms with Gasteiger partial charge in [0.05, 0.1) is 11.0 Å². The Bertz CT molecular complexity index is 2150. The van der Waals surface area contributed by atoms with Crippen LogP contribution in [0.1, 0.15) is 31.2 Å². The third-order valence-corrected chi connectivity index (χ3v) is 10.1. The molecule has 0 amide bonds. The summed E-state index contributed by atoms with van der Waals surface area (Å²) in [5.41, 5.74) is 5.50. The number of aromatic nitrogens is 6. The fourth-order valence-corrected chi connectivity index (χ4v) is 7.65. The van der Waals surface area contributed by atoms with Crippen molar-refractivity contribution in [2.45, 2.75) is 44.7 Å². The Hall–Kier alpha value is -5.20. The van der Waals surface area contributed by atoms with Gasteiger partial charge < -0.3 is 39.8 Å². The summed E-state index contributed by atoms with van der Waals surface area (Å²) >= 11 is 0. The molecule has 0 radical (unpaired) electrons. The molecule has 12 heteroatoms. The number of phenolic OH excluding ortho intramolecular Hbond substituents is 1. The standard InChI is InChI=1S/C38H44N10O2/c1-23-10-7-14-29(49)32(23)34-28-20-31(41-35(28)37(44-43-34)39-24-11-8-17-46(2)21-24)50-30-15-6-5-13-26(30)33-27-16-19-48(4)36(27)38(45-42-33)40-25-12-9-18-47(3)22-25/h5-7,10,13-16,19-20,24-25,41,49H,8-9,11-12,17-18,21-22H2,1-4H3,(H,39,44)(H,40,45)/t24-,25-/m1/s1. The van der Waals surface area contributed by atoms with Gasteiger partial charge in [-0.25, -0.2) is 0 Å². The number of ether oxygens (including phenoxy) is 1. The third kappa shape index (κ3) is 6.09. The Morgan fingerprint density at radius 2 is 1.50 bits per heavy atom. The molecule has 0 unspecified atom stereocenters. The monoisotopic (exact) mass is 672 g/mol. The van der Waals surface area contributed by atoms with Gasteiger partial charge in [-0.1, -0.05) is 24.3 Å². The summed E-state index contributed by atoms with van der Waals surface area (Å²) in [6, 6.07) is 18.0. The Kier molecular flexibility index (Phi) is 8.49. The molecule has 258 valence electrons. The molecule has 2 fully saturated rings. The van der Waals surface area contributed by atoms with E-state index >= 15 is 0 Å². The predicted molar refractivity (Wildman–Crippen MR) is 198 cm³/mol. The fraction of sp³-hybridized carbons (Fsp3) is 0.368. The smallest absolute Gasteiger partial charge is 0.198 e. The van der Waals surface area contributed by atoms with Crippen LogP contribution in [0.5, 0.6) is 17.4 Å². The number of fused-ring (bicyclic) bond motifs is 2. The molecule has 12 nitrogen and oxygen atoms in total. The van der Waals surface area contributed by atoms with E-state index in [4.69, 9.17) is 14.9 Å². The summed E-state index contributed by atoms with van der Waals surface area (Å²) in [7, 11) is 6.35. The molecule has 8 rings (SSSR count).